The van der Waals surface area contributed by atoms with Crippen LogP contribution in [0.1, 0.15) is 5.56 Å². The van der Waals surface area contributed by atoms with E-state index in [1.807, 2.05) is 0 Å². The average Bonchev–Trinajstić information content (AvgIpc) is 2.06. The van der Waals surface area contributed by atoms with Gasteiger partial charge >= 0.3 is 0 Å². The standard InChI is InChI=1S/C10H11F2N.ClH/c11-9-4-2-1-3-8(9)5-10(12)6-13-7-10;/h1-4,13H,5-7H2;1H. The van der Waals surface area contributed by atoms with E-state index in [9.17, 15) is 8.78 Å². The van der Waals surface area contributed by atoms with Crippen LogP contribution in [0.25, 0.3) is 0 Å². The molecule has 0 atom stereocenters. The largest absolute Gasteiger partial charge is 0.310 e. The van der Waals surface area contributed by atoms with Crippen molar-refractivity contribution in [2.45, 2.75) is 12.1 Å². The fourth-order valence-corrected chi connectivity index (χ4v) is 1.50. The van der Waals surface area contributed by atoms with Gasteiger partial charge in [-0.05, 0) is 11.6 Å². The lowest BCUT2D eigenvalue weighted by Gasteiger charge is -2.35. The highest BCUT2D eigenvalue weighted by Crippen LogP contribution is 2.23. The summed E-state index contributed by atoms with van der Waals surface area (Å²) in [5.41, 5.74) is -0.770. The monoisotopic (exact) mass is 219 g/mol. The molecule has 1 nitrogen and oxygen atoms in total. The SMILES string of the molecule is Cl.Fc1ccccc1CC1(F)CNC1. The number of hydrogen-bond donors (Lipinski definition) is 1. The Bertz CT molecular complexity index is 313. The Labute approximate surface area is 87.9 Å². The van der Waals surface area contributed by atoms with E-state index in [-0.39, 0.29) is 24.6 Å². The molecule has 4 heteroatoms. The first-order chi connectivity index (χ1) is 6.20. The van der Waals surface area contributed by atoms with Gasteiger partial charge in [-0.1, -0.05) is 18.2 Å². The maximum atomic E-state index is 13.5. The van der Waals surface area contributed by atoms with Gasteiger partial charge in [-0.25, -0.2) is 8.78 Å². The maximum Gasteiger partial charge on any atom is 0.139 e. The minimum absolute atomic E-state index is 0. The molecule has 1 heterocycles. The van der Waals surface area contributed by atoms with Crippen LogP contribution in [0.4, 0.5) is 8.78 Å². The van der Waals surface area contributed by atoms with Crippen LogP contribution < -0.4 is 5.32 Å². The Kier molecular flexibility index (Phi) is 3.45. The Morgan fingerprint density at radius 1 is 1.29 bits per heavy atom. The Balaban J connectivity index is 0.000000980. The smallest absolute Gasteiger partial charge is 0.139 e. The second-order valence-corrected chi connectivity index (χ2v) is 3.52. The fraction of sp³-hybridized carbons (Fsp3) is 0.400. The summed E-state index contributed by atoms with van der Waals surface area (Å²) in [6.45, 7) is 0.669. The van der Waals surface area contributed by atoms with Gasteiger partial charge in [-0.2, -0.15) is 0 Å². The number of nitrogens with one attached hydrogen (secondary N) is 1. The summed E-state index contributed by atoms with van der Waals surface area (Å²) in [7, 11) is 0. The van der Waals surface area contributed by atoms with Crippen molar-refractivity contribution in [2.24, 2.45) is 0 Å². The van der Waals surface area contributed by atoms with Crippen molar-refractivity contribution in [1.82, 2.24) is 5.32 Å². The first-order valence-electron chi connectivity index (χ1n) is 4.33. The molecule has 0 aliphatic carbocycles. The third-order valence-electron chi connectivity index (χ3n) is 2.35. The van der Waals surface area contributed by atoms with Crippen molar-refractivity contribution in [1.29, 1.82) is 0 Å². The van der Waals surface area contributed by atoms with Crippen molar-refractivity contribution in [3.8, 4) is 0 Å². The summed E-state index contributed by atoms with van der Waals surface area (Å²) in [4.78, 5) is 0. The lowest BCUT2D eigenvalue weighted by Crippen LogP contribution is -2.57. The minimum Gasteiger partial charge on any atom is -0.310 e. The molecule has 0 unspecified atom stereocenters. The normalized spacial score (nSPS) is 18.1. The van der Waals surface area contributed by atoms with E-state index in [2.05, 4.69) is 5.32 Å². The van der Waals surface area contributed by atoms with E-state index < -0.39 is 5.67 Å². The van der Waals surface area contributed by atoms with Gasteiger partial charge in [0.25, 0.3) is 0 Å². The van der Waals surface area contributed by atoms with Crippen LogP contribution in [0.15, 0.2) is 24.3 Å². The number of halogens is 3. The van der Waals surface area contributed by atoms with Gasteiger partial charge in [0.15, 0.2) is 0 Å². The van der Waals surface area contributed by atoms with Gasteiger partial charge < -0.3 is 5.32 Å². The molecule has 1 aromatic carbocycles. The minimum atomic E-state index is -1.23. The first-order valence-corrected chi connectivity index (χ1v) is 4.33. The molecule has 1 N–H and O–H groups in total. The van der Waals surface area contributed by atoms with Crippen LogP contribution in [0.2, 0.25) is 0 Å². The van der Waals surface area contributed by atoms with Gasteiger partial charge in [0.1, 0.15) is 11.5 Å². The summed E-state index contributed by atoms with van der Waals surface area (Å²) in [5.74, 6) is -0.313. The summed E-state index contributed by atoms with van der Waals surface area (Å²) in [6, 6.07) is 6.34. The zero-order chi connectivity index (χ0) is 9.31. The highest BCUT2D eigenvalue weighted by atomic mass is 35.5. The van der Waals surface area contributed by atoms with E-state index in [1.165, 1.54) is 6.07 Å². The van der Waals surface area contributed by atoms with E-state index in [0.717, 1.165) is 0 Å². The Morgan fingerprint density at radius 3 is 2.43 bits per heavy atom. The van der Waals surface area contributed by atoms with Crippen LogP contribution in [0.3, 0.4) is 0 Å². The predicted molar refractivity (Wildman–Crippen MR) is 54.1 cm³/mol. The summed E-state index contributed by atoms with van der Waals surface area (Å²) in [6.07, 6.45) is 0.173. The molecule has 0 saturated carbocycles. The zero-order valence-electron chi connectivity index (χ0n) is 7.59. The second kappa shape index (κ2) is 4.24. The highest BCUT2D eigenvalue weighted by molar-refractivity contribution is 5.85. The predicted octanol–water partition coefficient (Wildman–Crippen LogP) is 2.10. The number of alkyl halides is 1. The Morgan fingerprint density at radius 2 is 1.93 bits per heavy atom. The second-order valence-electron chi connectivity index (χ2n) is 3.52. The van der Waals surface area contributed by atoms with E-state index in [1.54, 1.807) is 18.2 Å². The van der Waals surface area contributed by atoms with E-state index in [4.69, 9.17) is 0 Å². The van der Waals surface area contributed by atoms with Gasteiger partial charge in [0.05, 0.1) is 0 Å². The molecule has 78 valence electrons. The average molecular weight is 220 g/mol. The summed E-state index contributed by atoms with van der Waals surface area (Å²) >= 11 is 0. The van der Waals surface area contributed by atoms with Gasteiger partial charge in [0, 0.05) is 19.5 Å². The third kappa shape index (κ3) is 2.22. The van der Waals surface area contributed by atoms with Crippen molar-refractivity contribution >= 4 is 12.4 Å². The molecular weight excluding hydrogens is 208 g/mol. The fourth-order valence-electron chi connectivity index (χ4n) is 1.50. The zero-order valence-corrected chi connectivity index (χ0v) is 8.41. The number of hydrogen-bond acceptors (Lipinski definition) is 1. The number of benzene rings is 1. The lowest BCUT2D eigenvalue weighted by atomic mass is 9.91. The highest BCUT2D eigenvalue weighted by Gasteiger charge is 2.37. The first kappa shape index (κ1) is 11.4. The van der Waals surface area contributed by atoms with Crippen molar-refractivity contribution in [3.05, 3.63) is 35.6 Å². The molecule has 2 rings (SSSR count). The molecular formula is C10H12ClF2N. The molecule has 1 saturated heterocycles. The molecule has 14 heavy (non-hydrogen) atoms. The van der Waals surface area contributed by atoms with Gasteiger partial charge in [-0.15, -0.1) is 12.4 Å². The van der Waals surface area contributed by atoms with Crippen LogP contribution in [-0.4, -0.2) is 18.8 Å². The third-order valence-corrected chi connectivity index (χ3v) is 2.35. The molecule has 0 amide bonds. The quantitative estimate of drug-likeness (QED) is 0.804. The molecule has 0 radical (unpaired) electrons. The molecule has 1 aliphatic heterocycles. The van der Waals surface area contributed by atoms with Crippen LogP contribution in [0.5, 0.6) is 0 Å². The molecule has 1 fully saturated rings. The molecule has 0 bridgehead atoms. The van der Waals surface area contributed by atoms with Crippen molar-refractivity contribution in [2.75, 3.05) is 13.1 Å². The molecule has 1 aliphatic rings. The molecule has 0 aromatic heterocycles. The van der Waals surface area contributed by atoms with Crippen LogP contribution in [0, 0.1) is 5.82 Å². The Hall–Kier alpha value is -0.670. The van der Waals surface area contributed by atoms with Crippen LogP contribution >= 0.6 is 12.4 Å². The molecule has 0 spiro atoms. The summed E-state index contributed by atoms with van der Waals surface area (Å²) in [5, 5.41) is 2.84. The van der Waals surface area contributed by atoms with E-state index in [0.29, 0.717) is 18.7 Å². The van der Waals surface area contributed by atoms with Crippen molar-refractivity contribution < 1.29 is 8.78 Å². The van der Waals surface area contributed by atoms with E-state index >= 15 is 0 Å². The summed E-state index contributed by atoms with van der Waals surface area (Å²) < 4.78 is 26.6. The maximum absolute atomic E-state index is 13.5. The van der Waals surface area contributed by atoms with Crippen molar-refractivity contribution in [3.63, 3.8) is 0 Å². The van der Waals surface area contributed by atoms with Crippen LogP contribution in [-0.2, 0) is 6.42 Å². The topological polar surface area (TPSA) is 12.0 Å². The molecule has 1 aromatic rings. The van der Waals surface area contributed by atoms with Gasteiger partial charge in [0.2, 0.25) is 0 Å². The lowest BCUT2D eigenvalue weighted by molar-refractivity contribution is 0.0901. The van der Waals surface area contributed by atoms with Gasteiger partial charge in [-0.3, -0.25) is 0 Å². The number of rotatable bonds is 2.